The van der Waals surface area contributed by atoms with Gasteiger partial charge in [-0.05, 0) is 43.4 Å². The Morgan fingerprint density at radius 1 is 1.22 bits per heavy atom. The molecule has 0 unspecified atom stereocenters. The second-order valence-corrected chi connectivity index (χ2v) is 6.40. The van der Waals surface area contributed by atoms with E-state index in [-0.39, 0.29) is 17.2 Å². The summed E-state index contributed by atoms with van der Waals surface area (Å²) in [7, 11) is 1.41. The predicted molar refractivity (Wildman–Crippen MR) is 88.9 cm³/mol. The lowest BCUT2D eigenvalue weighted by Gasteiger charge is -2.13. The molecule has 6 heteroatoms. The van der Waals surface area contributed by atoms with E-state index in [0.717, 1.165) is 30.4 Å². The average molecular weight is 331 g/mol. The molecule has 3 rings (SSSR count). The fraction of sp³-hybridized carbons (Fsp3) is 0.294. The number of hydrogen-bond donors (Lipinski definition) is 2. The number of hydrogen-bond acceptors (Lipinski definition) is 4. The largest absolute Gasteiger partial charge is 0.496 e. The van der Waals surface area contributed by atoms with E-state index in [0.29, 0.717) is 5.69 Å². The van der Waals surface area contributed by atoms with Crippen LogP contribution in [0, 0.1) is 0 Å². The minimum Gasteiger partial charge on any atom is -0.496 e. The maximum Gasteiger partial charge on any atom is 0.339 e. The van der Waals surface area contributed by atoms with Crippen molar-refractivity contribution in [3.05, 3.63) is 45.1 Å². The van der Waals surface area contributed by atoms with Gasteiger partial charge in [-0.3, -0.25) is 4.79 Å². The summed E-state index contributed by atoms with van der Waals surface area (Å²) in [5, 5.41) is 13.8. The first-order valence-electron chi connectivity index (χ1n) is 7.42. The number of methoxy groups -OCH3 is 1. The van der Waals surface area contributed by atoms with Crippen molar-refractivity contribution >= 4 is 28.9 Å². The Bertz CT molecular complexity index is 766. The number of amides is 1. The van der Waals surface area contributed by atoms with Gasteiger partial charge in [-0.25, -0.2) is 4.79 Å². The molecule has 1 aliphatic carbocycles. The Hall–Kier alpha value is -2.34. The van der Waals surface area contributed by atoms with Crippen molar-refractivity contribution in [2.45, 2.75) is 25.7 Å². The van der Waals surface area contributed by atoms with Crippen molar-refractivity contribution in [3.63, 3.8) is 0 Å². The van der Waals surface area contributed by atoms with Crippen molar-refractivity contribution in [2.75, 3.05) is 12.4 Å². The molecule has 23 heavy (non-hydrogen) atoms. The van der Waals surface area contributed by atoms with Crippen LogP contribution >= 0.6 is 11.3 Å². The number of carboxylic acids is 1. The van der Waals surface area contributed by atoms with Crippen LogP contribution in [0.1, 0.15) is 44.0 Å². The third-order valence-electron chi connectivity index (χ3n) is 4.00. The van der Waals surface area contributed by atoms with Crippen LogP contribution in [0.2, 0.25) is 0 Å². The normalized spacial score (nSPS) is 13.3. The molecule has 1 heterocycles. The van der Waals surface area contributed by atoms with E-state index in [4.69, 9.17) is 9.84 Å². The van der Waals surface area contributed by atoms with Crippen LogP contribution < -0.4 is 10.1 Å². The SMILES string of the molecule is COc1cc(NC(=O)c2csc3c2CCCC3)ccc1C(=O)O. The molecular weight excluding hydrogens is 314 g/mol. The van der Waals surface area contributed by atoms with Gasteiger partial charge in [-0.15, -0.1) is 11.3 Å². The molecular formula is C17H17NO4S. The number of thiophene rings is 1. The molecule has 0 saturated heterocycles. The molecule has 0 bridgehead atoms. The first kappa shape index (κ1) is 15.6. The molecule has 0 saturated carbocycles. The lowest BCUT2D eigenvalue weighted by atomic mass is 9.95. The van der Waals surface area contributed by atoms with Crippen molar-refractivity contribution < 1.29 is 19.4 Å². The zero-order chi connectivity index (χ0) is 16.4. The zero-order valence-electron chi connectivity index (χ0n) is 12.7. The summed E-state index contributed by atoms with van der Waals surface area (Å²) in [6.45, 7) is 0. The minimum absolute atomic E-state index is 0.0680. The highest BCUT2D eigenvalue weighted by Crippen LogP contribution is 2.31. The van der Waals surface area contributed by atoms with Crippen molar-refractivity contribution in [3.8, 4) is 5.75 Å². The van der Waals surface area contributed by atoms with Gasteiger partial charge in [0.2, 0.25) is 0 Å². The van der Waals surface area contributed by atoms with Crippen LogP contribution in [0.4, 0.5) is 5.69 Å². The average Bonchev–Trinajstić information content (AvgIpc) is 2.98. The summed E-state index contributed by atoms with van der Waals surface area (Å²) in [6, 6.07) is 4.53. The number of carbonyl (C=O) groups excluding carboxylic acids is 1. The number of benzene rings is 1. The van der Waals surface area contributed by atoms with E-state index in [1.54, 1.807) is 17.4 Å². The molecule has 0 radical (unpaired) electrons. The first-order chi connectivity index (χ1) is 11.1. The zero-order valence-corrected chi connectivity index (χ0v) is 13.5. The third kappa shape index (κ3) is 3.07. The fourth-order valence-electron chi connectivity index (χ4n) is 2.83. The number of carbonyl (C=O) groups is 2. The highest BCUT2D eigenvalue weighted by atomic mass is 32.1. The van der Waals surface area contributed by atoms with E-state index in [2.05, 4.69) is 5.32 Å². The summed E-state index contributed by atoms with van der Waals surface area (Å²) >= 11 is 1.64. The lowest BCUT2D eigenvalue weighted by molar-refractivity contribution is 0.0693. The number of ether oxygens (including phenoxy) is 1. The lowest BCUT2D eigenvalue weighted by Crippen LogP contribution is -2.15. The Balaban J connectivity index is 1.83. The molecule has 1 aliphatic rings. The second-order valence-electron chi connectivity index (χ2n) is 5.43. The first-order valence-corrected chi connectivity index (χ1v) is 8.30. The molecule has 120 valence electrons. The highest BCUT2D eigenvalue weighted by Gasteiger charge is 2.20. The van der Waals surface area contributed by atoms with Gasteiger partial charge >= 0.3 is 5.97 Å². The predicted octanol–water partition coefficient (Wildman–Crippen LogP) is 3.59. The van der Waals surface area contributed by atoms with Gasteiger partial charge in [0, 0.05) is 22.0 Å². The summed E-state index contributed by atoms with van der Waals surface area (Å²) in [5.74, 6) is -0.996. The number of nitrogens with one attached hydrogen (secondary N) is 1. The van der Waals surface area contributed by atoms with Gasteiger partial charge in [0.15, 0.2) is 0 Å². The molecule has 0 spiro atoms. The van der Waals surface area contributed by atoms with E-state index in [1.807, 2.05) is 5.38 Å². The van der Waals surface area contributed by atoms with Crippen LogP contribution in [0.25, 0.3) is 0 Å². The van der Waals surface area contributed by atoms with Gasteiger partial charge in [0.1, 0.15) is 11.3 Å². The quantitative estimate of drug-likeness (QED) is 0.898. The number of aryl methyl sites for hydroxylation is 1. The van der Waals surface area contributed by atoms with Crippen LogP contribution in [0.5, 0.6) is 5.75 Å². The van der Waals surface area contributed by atoms with Crippen LogP contribution in [-0.4, -0.2) is 24.1 Å². The number of carboxylic acid groups (broad SMARTS) is 1. The van der Waals surface area contributed by atoms with E-state index < -0.39 is 5.97 Å². The van der Waals surface area contributed by atoms with Gasteiger partial charge in [0.05, 0.1) is 12.7 Å². The van der Waals surface area contributed by atoms with Gasteiger partial charge in [-0.1, -0.05) is 0 Å². The molecule has 0 aliphatic heterocycles. The third-order valence-corrected chi connectivity index (χ3v) is 5.08. The molecule has 5 nitrogen and oxygen atoms in total. The second kappa shape index (κ2) is 6.42. The monoisotopic (exact) mass is 331 g/mol. The van der Waals surface area contributed by atoms with Crippen LogP contribution in [0.3, 0.4) is 0 Å². The molecule has 2 aromatic rings. The molecule has 1 aromatic carbocycles. The maximum atomic E-state index is 12.5. The summed E-state index contributed by atoms with van der Waals surface area (Å²) < 4.78 is 5.08. The molecule has 0 fully saturated rings. The summed E-state index contributed by atoms with van der Waals surface area (Å²) in [5.41, 5.74) is 2.48. The maximum absolute atomic E-state index is 12.5. The van der Waals surface area contributed by atoms with E-state index >= 15 is 0 Å². The smallest absolute Gasteiger partial charge is 0.339 e. The Kier molecular flexibility index (Phi) is 4.34. The number of fused-ring (bicyclic) bond motifs is 1. The molecule has 1 aromatic heterocycles. The summed E-state index contributed by atoms with van der Waals surface area (Å²) in [6.07, 6.45) is 4.30. The van der Waals surface area contributed by atoms with E-state index in [1.165, 1.54) is 30.5 Å². The fourth-order valence-corrected chi connectivity index (χ4v) is 3.95. The molecule has 2 N–H and O–H groups in total. The number of aromatic carboxylic acids is 1. The standard InChI is InChI=1S/C17H17NO4S/c1-22-14-8-10(6-7-12(14)17(20)21)18-16(19)13-9-23-15-5-3-2-4-11(13)15/h6-9H,2-5H2,1H3,(H,18,19)(H,20,21). The van der Waals surface area contributed by atoms with Crippen LogP contribution in [0.15, 0.2) is 23.6 Å². The minimum atomic E-state index is -1.06. The van der Waals surface area contributed by atoms with Gasteiger partial charge in [-0.2, -0.15) is 0 Å². The number of anilines is 1. The molecule has 1 amide bonds. The molecule has 0 atom stereocenters. The van der Waals surface area contributed by atoms with Crippen molar-refractivity contribution in [1.29, 1.82) is 0 Å². The van der Waals surface area contributed by atoms with Gasteiger partial charge < -0.3 is 15.2 Å². The summed E-state index contributed by atoms with van der Waals surface area (Å²) in [4.78, 5) is 24.9. The highest BCUT2D eigenvalue weighted by molar-refractivity contribution is 7.10. The van der Waals surface area contributed by atoms with E-state index in [9.17, 15) is 9.59 Å². The van der Waals surface area contributed by atoms with Crippen molar-refractivity contribution in [2.24, 2.45) is 0 Å². The Morgan fingerprint density at radius 3 is 2.74 bits per heavy atom. The van der Waals surface area contributed by atoms with Gasteiger partial charge in [0.25, 0.3) is 5.91 Å². The van der Waals surface area contributed by atoms with Crippen molar-refractivity contribution in [1.82, 2.24) is 0 Å². The Labute approximate surface area is 137 Å². The topological polar surface area (TPSA) is 75.6 Å². The van der Waals surface area contributed by atoms with Crippen LogP contribution in [-0.2, 0) is 12.8 Å². The number of rotatable bonds is 4. The Morgan fingerprint density at radius 2 is 2.00 bits per heavy atom.